The first kappa shape index (κ1) is 23.9. The van der Waals surface area contributed by atoms with Gasteiger partial charge in [0.25, 0.3) is 5.56 Å². The summed E-state index contributed by atoms with van der Waals surface area (Å²) in [5.74, 6) is -1.08. The Morgan fingerprint density at radius 1 is 0.970 bits per heavy atom. The molecule has 0 bridgehead atoms. The van der Waals surface area contributed by atoms with E-state index in [1.54, 1.807) is 30.3 Å². The molecule has 0 saturated heterocycles. The van der Waals surface area contributed by atoms with Gasteiger partial charge in [0.2, 0.25) is 11.8 Å². The molecule has 1 heterocycles. The van der Waals surface area contributed by atoms with Crippen molar-refractivity contribution in [3.8, 4) is 0 Å². The zero-order valence-corrected chi connectivity index (χ0v) is 18.5. The second-order valence-corrected chi connectivity index (χ2v) is 7.71. The lowest BCUT2D eigenvalue weighted by Crippen LogP contribution is -2.41. The number of carbonyl (C=O) groups excluding carboxylic acids is 2. The highest BCUT2D eigenvalue weighted by molar-refractivity contribution is 5.91. The Kier molecular flexibility index (Phi) is 8.12. The van der Waals surface area contributed by atoms with Crippen molar-refractivity contribution in [3.05, 3.63) is 75.2 Å². The average molecular weight is 455 g/mol. The van der Waals surface area contributed by atoms with E-state index >= 15 is 0 Å². The summed E-state index contributed by atoms with van der Waals surface area (Å²) in [7, 11) is 0. The van der Waals surface area contributed by atoms with Gasteiger partial charge < -0.3 is 10.6 Å². The van der Waals surface area contributed by atoms with Crippen molar-refractivity contribution >= 4 is 28.4 Å². The van der Waals surface area contributed by atoms with Crippen molar-refractivity contribution in [2.75, 3.05) is 11.9 Å². The molecule has 1 aromatic heterocycles. The van der Waals surface area contributed by atoms with Gasteiger partial charge in [-0.15, -0.1) is 0 Å². The quantitative estimate of drug-likeness (QED) is 0.460. The fourth-order valence-electron chi connectivity index (χ4n) is 3.54. The molecule has 0 radical (unpaired) electrons. The van der Waals surface area contributed by atoms with Crippen LogP contribution >= 0.6 is 0 Å². The fourth-order valence-corrected chi connectivity index (χ4v) is 3.54. The Hall–Kier alpha value is -3.75. The number of hydrogen-bond donors (Lipinski definition) is 2. The van der Waals surface area contributed by atoms with E-state index in [9.17, 15) is 23.6 Å². The monoisotopic (exact) mass is 454 g/mol. The molecule has 33 heavy (non-hydrogen) atoms. The number of benzene rings is 2. The van der Waals surface area contributed by atoms with Gasteiger partial charge in [0.05, 0.1) is 10.9 Å². The van der Waals surface area contributed by atoms with E-state index in [-0.39, 0.29) is 24.7 Å². The number of nitrogens with zero attached hydrogens (tertiary/aromatic N) is 2. The third kappa shape index (κ3) is 6.15. The van der Waals surface area contributed by atoms with Crippen LogP contribution in [0.15, 0.2) is 58.1 Å². The molecule has 0 fully saturated rings. The number of anilines is 1. The average Bonchev–Trinajstić information content (AvgIpc) is 2.80. The summed E-state index contributed by atoms with van der Waals surface area (Å²) in [6.07, 6.45) is 2.15. The summed E-state index contributed by atoms with van der Waals surface area (Å²) in [4.78, 5) is 50.4. The van der Waals surface area contributed by atoms with Gasteiger partial charge in [-0.2, -0.15) is 0 Å². The van der Waals surface area contributed by atoms with Crippen LogP contribution in [0.5, 0.6) is 0 Å². The highest BCUT2D eigenvalue weighted by atomic mass is 19.1. The van der Waals surface area contributed by atoms with E-state index < -0.39 is 23.0 Å². The fraction of sp³-hybridized carbons (Fsp3) is 0.333. The summed E-state index contributed by atoms with van der Waals surface area (Å²) < 4.78 is 15.7. The third-order valence-corrected chi connectivity index (χ3v) is 5.15. The lowest BCUT2D eigenvalue weighted by molar-refractivity contribution is -0.121. The Morgan fingerprint density at radius 3 is 2.52 bits per heavy atom. The van der Waals surface area contributed by atoms with Gasteiger partial charge in [0.15, 0.2) is 0 Å². The minimum absolute atomic E-state index is 0.0610. The molecular weight excluding hydrogens is 427 g/mol. The number of fused-ring (bicyclic) bond motifs is 1. The number of amides is 2. The first-order chi connectivity index (χ1) is 15.9. The Bertz CT molecular complexity index is 1270. The Balaban J connectivity index is 1.81. The predicted molar refractivity (Wildman–Crippen MR) is 125 cm³/mol. The number of para-hydroxylation sites is 1. The molecular formula is C24H27FN4O4. The second-order valence-electron chi connectivity index (χ2n) is 7.71. The molecule has 3 rings (SSSR count). The van der Waals surface area contributed by atoms with Crippen molar-refractivity contribution in [1.29, 1.82) is 0 Å². The molecule has 9 heteroatoms. The van der Waals surface area contributed by atoms with Crippen LogP contribution in [0.2, 0.25) is 0 Å². The van der Waals surface area contributed by atoms with Crippen LogP contribution in [0, 0.1) is 5.82 Å². The SMILES string of the molecule is CCCNC(=O)CCCCn1c(=O)c2ccccc2n(CC(=O)Nc2cccc(F)c2)c1=O. The van der Waals surface area contributed by atoms with Gasteiger partial charge in [-0.25, -0.2) is 9.18 Å². The predicted octanol–water partition coefficient (Wildman–Crippen LogP) is 2.64. The van der Waals surface area contributed by atoms with E-state index in [4.69, 9.17) is 0 Å². The van der Waals surface area contributed by atoms with Gasteiger partial charge in [-0.1, -0.05) is 25.1 Å². The maximum Gasteiger partial charge on any atom is 0.331 e. The van der Waals surface area contributed by atoms with E-state index in [1.807, 2.05) is 6.92 Å². The highest BCUT2D eigenvalue weighted by Crippen LogP contribution is 2.11. The molecule has 0 aliphatic carbocycles. The largest absolute Gasteiger partial charge is 0.356 e. The normalized spacial score (nSPS) is 10.8. The van der Waals surface area contributed by atoms with Crippen LogP contribution in [-0.4, -0.2) is 27.5 Å². The van der Waals surface area contributed by atoms with E-state index in [0.717, 1.165) is 11.0 Å². The molecule has 0 atom stereocenters. The van der Waals surface area contributed by atoms with Crippen LogP contribution in [0.3, 0.4) is 0 Å². The maximum absolute atomic E-state index is 13.4. The van der Waals surface area contributed by atoms with Gasteiger partial charge in [-0.3, -0.25) is 23.5 Å². The maximum atomic E-state index is 13.4. The highest BCUT2D eigenvalue weighted by Gasteiger charge is 2.15. The lowest BCUT2D eigenvalue weighted by atomic mass is 10.2. The second kappa shape index (κ2) is 11.2. The molecule has 0 aliphatic heterocycles. The molecule has 8 nitrogen and oxygen atoms in total. The van der Waals surface area contributed by atoms with Gasteiger partial charge in [-0.05, 0) is 49.6 Å². The standard InChI is InChI=1S/C24H27FN4O4/c1-2-13-26-21(30)12-5-6-14-28-23(32)19-10-3-4-11-20(19)29(24(28)33)16-22(31)27-18-9-7-8-17(25)15-18/h3-4,7-11,15H,2,5-6,12-14,16H2,1H3,(H,26,30)(H,27,31). The topological polar surface area (TPSA) is 102 Å². The number of rotatable bonds is 10. The van der Waals surface area contributed by atoms with Crippen LogP contribution in [0.4, 0.5) is 10.1 Å². The number of hydrogen-bond acceptors (Lipinski definition) is 4. The lowest BCUT2D eigenvalue weighted by Gasteiger charge is -2.14. The zero-order valence-electron chi connectivity index (χ0n) is 18.5. The Labute approximate surface area is 190 Å². The van der Waals surface area contributed by atoms with Gasteiger partial charge >= 0.3 is 5.69 Å². The van der Waals surface area contributed by atoms with E-state index in [2.05, 4.69) is 10.6 Å². The molecule has 0 saturated carbocycles. The molecule has 0 unspecified atom stereocenters. The van der Waals surface area contributed by atoms with E-state index in [0.29, 0.717) is 36.7 Å². The van der Waals surface area contributed by atoms with Crippen LogP contribution < -0.4 is 21.9 Å². The number of aromatic nitrogens is 2. The molecule has 174 valence electrons. The smallest absolute Gasteiger partial charge is 0.331 e. The molecule has 3 aromatic rings. The number of carbonyl (C=O) groups is 2. The summed E-state index contributed by atoms with van der Waals surface area (Å²) in [5, 5.41) is 5.68. The summed E-state index contributed by atoms with van der Waals surface area (Å²) >= 11 is 0. The molecule has 2 amide bonds. The van der Waals surface area contributed by atoms with Crippen LogP contribution in [0.25, 0.3) is 10.9 Å². The molecule has 0 spiro atoms. The molecule has 0 aliphatic rings. The zero-order chi connectivity index (χ0) is 23.8. The number of unbranched alkanes of at least 4 members (excludes halogenated alkanes) is 1. The van der Waals surface area contributed by atoms with Crippen molar-refractivity contribution < 1.29 is 14.0 Å². The van der Waals surface area contributed by atoms with Crippen molar-refractivity contribution in [1.82, 2.24) is 14.5 Å². The molecule has 2 aromatic carbocycles. The van der Waals surface area contributed by atoms with Crippen LogP contribution in [0.1, 0.15) is 32.6 Å². The number of halogens is 1. The minimum atomic E-state index is -0.608. The summed E-state index contributed by atoms with van der Waals surface area (Å²) in [6, 6.07) is 12.0. The first-order valence-corrected chi connectivity index (χ1v) is 10.9. The number of nitrogens with one attached hydrogen (secondary N) is 2. The summed E-state index contributed by atoms with van der Waals surface area (Å²) in [6.45, 7) is 2.38. The van der Waals surface area contributed by atoms with Crippen molar-refractivity contribution in [2.24, 2.45) is 0 Å². The van der Waals surface area contributed by atoms with E-state index in [1.165, 1.54) is 22.8 Å². The van der Waals surface area contributed by atoms with Gasteiger partial charge in [0, 0.05) is 25.2 Å². The van der Waals surface area contributed by atoms with Gasteiger partial charge in [0.1, 0.15) is 12.4 Å². The molecule has 2 N–H and O–H groups in total. The minimum Gasteiger partial charge on any atom is -0.356 e. The first-order valence-electron chi connectivity index (χ1n) is 10.9. The van der Waals surface area contributed by atoms with Crippen molar-refractivity contribution in [2.45, 2.75) is 45.7 Å². The third-order valence-electron chi connectivity index (χ3n) is 5.15. The van der Waals surface area contributed by atoms with Crippen LogP contribution in [-0.2, 0) is 22.7 Å². The summed E-state index contributed by atoms with van der Waals surface area (Å²) in [5.41, 5.74) is -0.430. The Morgan fingerprint density at radius 2 is 1.76 bits per heavy atom. The van der Waals surface area contributed by atoms with Crippen molar-refractivity contribution in [3.63, 3.8) is 0 Å².